The Labute approximate surface area is 876 Å². The molecule has 3 aliphatic rings. The van der Waals surface area contributed by atoms with Crippen molar-refractivity contribution in [1.29, 1.82) is 0 Å². The fraction of sp³-hybridized carbons (Fsp3) is 0.573. The number of urea groups is 1. The molecule has 0 unspecified atom stereocenters. The minimum absolute atomic E-state index is 0.00210. The van der Waals surface area contributed by atoms with E-state index in [4.69, 9.17) is 38.9 Å². The van der Waals surface area contributed by atoms with Gasteiger partial charge in [-0.3, -0.25) is 52.8 Å². The van der Waals surface area contributed by atoms with Gasteiger partial charge in [-0.05, 0) is 167 Å². The number of thiazole rings is 1. The summed E-state index contributed by atoms with van der Waals surface area (Å²) in [6, 6.07) is 34.0. The molecule has 148 heavy (non-hydrogen) atoms. The minimum atomic E-state index is -1.03. The van der Waals surface area contributed by atoms with Crippen LogP contribution >= 0.6 is 11.3 Å². The number of nitrogens with one attached hydrogen (secondary N) is 8. The number of hydrogen-bond donors (Lipinski definition) is 9. The van der Waals surface area contributed by atoms with Crippen LogP contribution in [0.25, 0.3) is 22.2 Å². The number of methoxy groups -OCH3 is 3. The SMILES string of the molecule is CC[C@H](C)[C@@H]([C@@H](CC(=O)N1CCC[C@H]1[C@H](OC)[C@@H](C)C(=O)N[C@@H](Cc1ccccc1)c1nccs1)OC)N(C)C(=O)[C@@H](NC(=O)[C@H](C(C)C)N(C)C(=O)OC)C(C)C.CCc1ccc(NC(=O)[C@H](CCCNC(N)=O)NC(=O)[C@@H](NC(=O)CCC(=O)N(CCOCCOCCC(=O)OC(C)(C)C)C2CCN(C(=O)CCn3c(CNC)cc4cccnc43)CC2)C(C)C)cc1.CNC(=O)OCC1c2ccccc2-c2ccccc21. The number of likely N-dealkylation sites (tertiary alicyclic amines) is 2. The monoisotopic (exact) mass is 2070 g/mol. The summed E-state index contributed by atoms with van der Waals surface area (Å²) in [7, 11) is 11.0. The highest BCUT2D eigenvalue weighted by Gasteiger charge is 2.45. The maximum absolute atomic E-state index is 14.4. The number of nitrogens with two attached hydrogens (primary N) is 1. The first-order valence-electron chi connectivity index (χ1n) is 51.8. The lowest BCUT2D eigenvalue weighted by atomic mass is 9.89. The van der Waals surface area contributed by atoms with E-state index >= 15 is 0 Å². The third kappa shape index (κ3) is 36.2. The molecular formula is C110H161N17O20S. The quantitative estimate of drug-likeness (QED) is 0.00971. The fourth-order valence-electron chi connectivity index (χ4n) is 19.2. The van der Waals surface area contributed by atoms with Gasteiger partial charge in [-0.2, -0.15) is 0 Å². The van der Waals surface area contributed by atoms with Gasteiger partial charge in [0.1, 0.15) is 47.0 Å². The van der Waals surface area contributed by atoms with E-state index in [1.165, 1.54) is 52.6 Å². The first-order valence-corrected chi connectivity index (χ1v) is 52.6. The number of likely N-dealkylation sites (N-methyl/N-ethyl adjacent to an activating group) is 2. The van der Waals surface area contributed by atoms with Crippen LogP contribution in [0.5, 0.6) is 0 Å². The zero-order valence-electron chi connectivity index (χ0n) is 90.1. The van der Waals surface area contributed by atoms with Gasteiger partial charge in [-0.15, -0.1) is 11.3 Å². The second-order valence-electron chi connectivity index (χ2n) is 39.9. The number of hydrogen-bond acceptors (Lipinski definition) is 24. The molecule has 11 atom stereocenters. The Hall–Kier alpha value is -12.5. The van der Waals surface area contributed by atoms with Crippen LogP contribution in [0.15, 0.2) is 139 Å². The van der Waals surface area contributed by atoms with E-state index < -0.39 is 89.7 Å². The zero-order chi connectivity index (χ0) is 108. The van der Waals surface area contributed by atoms with Crippen LogP contribution in [0.3, 0.4) is 0 Å². The van der Waals surface area contributed by atoms with Crippen molar-refractivity contribution in [2.45, 2.75) is 265 Å². The van der Waals surface area contributed by atoms with Crippen molar-refractivity contribution >= 4 is 105 Å². The number of primary amides is 1. The Kier molecular flexibility index (Phi) is 49.6. The Morgan fingerprint density at radius 3 is 1.88 bits per heavy atom. The highest BCUT2D eigenvalue weighted by molar-refractivity contribution is 7.09. The number of carbonyl (C=O) groups excluding carboxylic acids is 13. The number of rotatable bonds is 52. The second kappa shape index (κ2) is 60.8. The molecule has 10 N–H and O–H groups in total. The van der Waals surface area contributed by atoms with E-state index in [1.807, 2.05) is 156 Å². The summed E-state index contributed by atoms with van der Waals surface area (Å²) in [6.45, 7) is 28.3. The Morgan fingerprint density at radius 1 is 0.635 bits per heavy atom. The van der Waals surface area contributed by atoms with Crippen LogP contribution in [0.4, 0.5) is 20.1 Å². The van der Waals surface area contributed by atoms with Crippen LogP contribution in [0.2, 0.25) is 0 Å². The number of fused-ring (bicyclic) bond motifs is 4. The molecule has 13 amide bonds. The molecule has 1 aliphatic carbocycles. The summed E-state index contributed by atoms with van der Waals surface area (Å²) in [5.74, 6) is -4.75. The number of aromatic nitrogens is 3. The van der Waals surface area contributed by atoms with Crippen LogP contribution in [-0.4, -0.2) is 292 Å². The van der Waals surface area contributed by atoms with E-state index in [-0.39, 0.29) is 161 Å². The van der Waals surface area contributed by atoms with Gasteiger partial charge in [0.15, 0.2) is 0 Å². The van der Waals surface area contributed by atoms with Crippen LogP contribution in [0, 0.1) is 29.6 Å². The van der Waals surface area contributed by atoms with Crippen molar-refractivity contribution in [3.8, 4) is 11.1 Å². The third-order valence-electron chi connectivity index (χ3n) is 27.2. The number of carbonyl (C=O) groups is 13. The average molecular weight is 2070 g/mol. The van der Waals surface area contributed by atoms with E-state index in [2.05, 4.69) is 87.4 Å². The van der Waals surface area contributed by atoms with Gasteiger partial charge in [-0.25, -0.2) is 24.4 Å². The normalized spacial score (nSPS) is 15.5. The standard InChI is InChI=1S/C51H78N10O10.C43H68N6O8S.C16H15NO2/c1-8-36-13-15-38(16-14-36)56-48(66)41(12-10-24-55-50(52)68)57-49(67)46(35(2)3)58-42(62)17-18-44(64)60(28-30-70-32-31-69-29-22-45(65)71-51(4,5)6)39-19-25-59(26-20-39)43(63)21-27-61-40(34-53-7)33-37-11-9-23-54-47(37)61;1-13-28(6)37(47(8)42(53)35(26(2)3)46-40(52)36(27(4)5)48(9)43(54)57-12)33(55-10)25-34(50)49-22-17-20-32(49)38(56-11)29(7)39(51)45-31(41-44-21-23-58-41)24-30-18-15-14-16-19-30;1-17-16(18)19-10-15-13-8-4-2-6-11(13)12-7-3-5-9-14(12)15/h9,11,13-16,23,33,35,39,41,46,53H,8,10,12,17-22,24-32,34H2,1-7H3,(H,56,66)(H,57,67)(H,58,62)(H3,52,55,68);14-16,18-19,21,23,26-29,31-33,35-38H,13,17,20,22,24-25H2,1-12H3,(H,45,51)(H,46,52);2-9,15H,10H2,1H3,(H,17,18)/t41-,46-;28-,29+,31-,32-,33+,35-,36-,37-,38+;/m00./s1. The summed E-state index contributed by atoms with van der Waals surface area (Å²) in [6.07, 6.45) is 6.35. The third-order valence-corrected chi connectivity index (χ3v) is 28.1. The lowest BCUT2D eigenvalue weighted by Crippen LogP contribution is -2.60. The highest BCUT2D eigenvalue weighted by Crippen LogP contribution is 2.45. The van der Waals surface area contributed by atoms with Crippen molar-refractivity contribution in [3.05, 3.63) is 172 Å². The molecule has 38 heteroatoms. The summed E-state index contributed by atoms with van der Waals surface area (Å²) < 4.78 is 41.0. The molecule has 7 aromatic rings. The Balaban J connectivity index is 0.000000308. The van der Waals surface area contributed by atoms with Gasteiger partial charge in [0, 0.05) is 147 Å². The van der Waals surface area contributed by atoms with Gasteiger partial charge in [0.05, 0.1) is 82.6 Å². The molecule has 5 heterocycles. The second-order valence-corrected chi connectivity index (χ2v) is 40.8. The summed E-state index contributed by atoms with van der Waals surface area (Å²) in [5.41, 5.74) is 14.2. The molecule has 0 bridgehead atoms. The number of piperidine rings is 1. The predicted octanol–water partition coefficient (Wildman–Crippen LogP) is 12.3. The largest absolute Gasteiger partial charge is 0.460 e. The molecule has 4 aromatic carbocycles. The number of benzene rings is 4. The maximum atomic E-state index is 14.4. The van der Waals surface area contributed by atoms with Gasteiger partial charge in [-0.1, -0.05) is 167 Å². The summed E-state index contributed by atoms with van der Waals surface area (Å²) >= 11 is 1.49. The van der Waals surface area contributed by atoms with E-state index in [9.17, 15) is 62.3 Å². The average Bonchev–Trinajstić information content (AvgIpc) is 1.62. The Morgan fingerprint density at radius 2 is 1.29 bits per heavy atom. The number of anilines is 1. The first-order chi connectivity index (χ1) is 70.7. The fourth-order valence-corrected chi connectivity index (χ4v) is 19.9. The van der Waals surface area contributed by atoms with Gasteiger partial charge < -0.3 is 106 Å². The first kappa shape index (κ1) is 121. The summed E-state index contributed by atoms with van der Waals surface area (Å²) in [4.78, 5) is 189. The number of nitrogens with zero attached hydrogens (tertiary/aromatic N) is 8. The van der Waals surface area contributed by atoms with Crippen LogP contribution in [-0.2, 0) is 107 Å². The van der Waals surface area contributed by atoms with E-state index in [0.29, 0.717) is 90.0 Å². The van der Waals surface area contributed by atoms with Crippen LogP contribution in [0.1, 0.15) is 212 Å². The van der Waals surface area contributed by atoms with Crippen molar-refractivity contribution in [3.63, 3.8) is 0 Å². The van der Waals surface area contributed by atoms with Gasteiger partial charge in [0.25, 0.3) is 0 Å². The molecule has 0 radical (unpaired) electrons. The molecule has 2 fully saturated rings. The van der Waals surface area contributed by atoms with Crippen LogP contribution < -0.4 is 48.3 Å². The molecule has 812 valence electrons. The topological polar surface area (TPSA) is 456 Å². The van der Waals surface area contributed by atoms with E-state index in [0.717, 1.165) is 45.7 Å². The highest BCUT2D eigenvalue weighted by atomic mass is 32.1. The predicted molar refractivity (Wildman–Crippen MR) is 569 cm³/mol. The molecule has 2 saturated heterocycles. The molecule has 3 aromatic heterocycles. The molecule has 2 aliphatic heterocycles. The number of amides is 13. The van der Waals surface area contributed by atoms with Crippen molar-refractivity contribution in [2.75, 3.05) is 121 Å². The Bertz CT molecular complexity index is 5360. The molecule has 0 spiro atoms. The van der Waals surface area contributed by atoms with Gasteiger partial charge >= 0.3 is 24.2 Å². The van der Waals surface area contributed by atoms with Crippen molar-refractivity contribution in [2.24, 2.45) is 35.3 Å². The maximum Gasteiger partial charge on any atom is 0.409 e. The smallest absolute Gasteiger partial charge is 0.409 e. The zero-order valence-corrected chi connectivity index (χ0v) is 90.9. The number of esters is 1. The number of aryl methyl sites for hydroxylation is 2. The van der Waals surface area contributed by atoms with E-state index in [1.54, 1.807) is 97.3 Å². The molecule has 37 nitrogen and oxygen atoms in total. The van der Waals surface area contributed by atoms with Crippen molar-refractivity contribution in [1.82, 2.24) is 76.3 Å². The molecule has 10 rings (SSSR count). The van der Waals surface area contributed by atoms with Crippen molar-refractivity contribution < 1.29 is 95.5 Å². The number of ether oxygens (including phenoxy) is 7. The lowest BCUT2D eigenvalue weighted by molar-refractivity contribution is -0.156. The molecule has 0 saturated carbocycles. The number of pyridine rings is 1. The summed E-state index contributed by atoms with van der Waals surface area (Å²) in [5, 5.41) is 26.5. The van der Waals surface area contributed by atoms with Gasteiger partial charge in [0.2, 0.25) is 53.2 Å². The number of alkyl carbamates (subject to hydrolysis) is 1. The molecular weight excluding hydrogens is 1910 g/mol. The lowest BCUT2D eigenvalue weighted by Gasteiger charge is -2.41. The minimum Gasteiger partial charge on any atom is -0.460 e.